The van der Waals surface area contributed by atoms with Gasteiger partial charge in [0.2, 0.25) is 5.91 Å². The zero-order valence-corrected chi connectivity index (χ0v) is 20.3. The number of methoxy groups -OCH3 is 1. The van der Waals surface area contributed by atoms with Crippen LogP contribution in [0.5, 0.6) is 11.5 Å². The van der Waals surface area contributed by atoms with Crippen LogP contribution in [-0.4, -0.2) is 42.5 Å². The van der Waals surface area contributed by atoms with Crippen molar-refractivity contribution in [2.45, 2.75) is 57.7 Å². The van der Waals surface area contributed by atoms with Gasteiger partial charge in [0.05, 0.1) is 7.11 Å². The number of nitrogens with zero attached hydrogens (tertiary/aromatic N) is 1. The van der Waals surface area contributed by atoms with Crippen LogP contribution in [0.3, 0.4) is 0 Å². The molecule has 172 valence electrons. The van der Waals surface area contributed by atoms with Crippen LogP contribution in [0.1, 0.15) is 44.6 Å². The van der Waals surface area contributed by atoms with Gasteiger partial charge < -0.3 is 19.7 Å². The monoisotopic (exact) mass is 502 g/mol. The van der Waals surface area contributed by atoms with Crippen molar-refractivity contribution in [3.8, 4) is 11.5 Å². The molecule has 1 fully saturated rings. The van der Waals surface area contributed by atoms with Gasteiger partial charge in [0.1, 0.15) is 6.04 Å². The molecule has 2 aromatic carbocycles. The van der Waals surface area contributed by atoms with Gasteiger partial charge in [0.15, 0.2) is 18.1 Å². The van der Waals surface area contributed by atoms with Crippen molar-refractivity contribution in [1.82, 2.24) is 10.2 Å². The third kappa shape index (κ3) is 6.73. The van der Waals surface area contributed by atoms with Gasteiger partial charge in [-0.2, -0.15) is 0 Å². The van der Waals surface area contributed by atoms with Gasteiger partial charge in [-0.15, -0.1) is 0 Å². The van der Waals surface area contributed by atoms with E-state index < -0.39 is 6.04 Å². The van der Waals surface area contributed by atoms with E-state index in [1.54, 1.807) is 31.1 Å². The summed E-state index contributed by atoms with van der Waals surface area (Å²) < 4.78 is 12.0. The van der Waals surface area contributed by atoms with E-state index in [2.05, 4.69) is 21.2 Å². The number of rotatable bonds is 9. The van der Waals surface area contributed by atoms with Crippen molar-refractivity contribution in [1.29, 1.82) is 0 Å². The lowest BCUT2D eigenvalue weighted by Gasteiger charge is -2.31. The van der Waals surface area contributed by atoms with Crippen LogP contribution in [0.25, 0.3) is 0 Å². The maximum Gasteiger partial charge on any atom is 0.261 e. The lowest BCUT2D eigenvalue weighted by atomic mass is 9.95. The van der Waals surface area contributed by atoms with Crippen LogP contribution in [0.2, 0.25) is 0 Å². The average molecular weight is 503 g/mol. The molecule has 2 aromatic rings. The number of ether oxygens (including phenoxy) is 2. The SMILES string of the molecule is COc1ccccc1OCC(=O)N(Cc1cccc(Br)c1)[C@H](C)C(=O)NC1CCCCC1. The molecule has 0 saturated heterocycles. The summed E-state index contributed by atoms with van der Waals surface area (Å²) in [6, 6.07) is 14.5. The normalized spacial score (nSPS) is 15.0. The second-order valence-electron chi connectivity index (χ2n) is 8.11. The first-order valence-corrected chi connectivity index (χ1v) is 11.9. The minimum absolute atomic E-state index is 0.127. The first-order valence-electron chi connectivity index (χ1n) is 11.1. The van der Waals surface area contributed by atoms with E-state index in [0.29, 0.717) is 18.0 Å². The topological polar surface area (TPSA) is 67.9 Å². The second kappa shape index (κ2) is 11.9. The first-order chi connectivity index (χ1) is 15.5. The fraction of sp³-hybridized carbons (Fsp3) is 0.440. The van der Waals surface area contributed by atoms with Crippen LogP contribution in [0, 0.1) is 0 Å². The van der Waals surface area contributed by atoms with Crippen LogP contribution in [-0.2, 0) is 16.1 Å². The number of halogens is 1. The third-order valence-corrected chi connectivity index (χ3v) is 6.27. The molecule has 0 unspecified atom stereocenters. The molecule has 1 aliphatic carbocycles. The fourth-order valence-corrected chi connectivity index (χ4v) is 4.39. The van der Waals surface area contributed by atoms with Crippen LogP contribution < -0.4 is 14.8 Å². The molecule has 2 amide bonds. The smallest absolute Gasteiger partial charge is 0.261 e. The highest BCUT2D eigenvalue weighted by Crippen LogP contribution is 2.26. The Hall–Kier alpha value is -2.54. The lowest BCUT2D eigenvalue weighted by molar-refractivity contribution is -0.142. The molecule has 0 aromatic heterocycles. The van der Waals surface area contributed by atoms with Crippen LogP contribution in [0.15, 0.2) is 53.0 Å². The highest BCUT2D eigenvalue weighted by Gasteiger charge is 2.28. The summed E-state index contributed by atoms with van der Waals surface area (Å²) in [6.07, 6.45) is 5.47. The quantitative estimate of drug-likeness (QED) is 0.539. The molecule has 1 aliphatic rings. The number of carbonyl (C=O) groups is 2. The van der Waals surface area contributed by atoms with Crippen molar-refractivity contribution >= 4 is 27.7 Å². The van der Waals surface area contributed by atoms with E-state index in [1.165, 1.54) is 6.42 Å². The van der Waals surface area contributed by atoms with Gasteiger partial charge in [0.25, 0.3) is 5.91 Å². The molecule has 0 spiro atoms. The minimum Gasteiger partial charge on any atom is -0.493 e. The van der Waals surface area contributed by atoms with Gasteiger partial charge in [-0.25, -0.2) is 0 Å². The predicted molar refractivity (Wildman–Crippen MR) is 128 cm³/mol. The van der Waals surface area contributed by atoms with Gasteiger partial charge in [0, 0.05) is 17.1 Å². The number of nitrogens with one attached hydrogen (secondary N) is 1. The number of hydrogen-bond donors (Lipinski definition) is 1. The van der Waals surface area contributed by atoms with E-state index in [0.717, 1.165) is 35.7 Å². The van der Waals surface area contributed by atoms with Gasteiger partial charge in [-0.1, -0.05) is 59.5 Å². The molecule has 1 saturated carbocycles. The molecule has 7 heteroatoms. The molecule has 0 radical (unpaired) electrons. The van der Waals surface area contributed by atoms with Crippen LogP contribution >= 0.6 is 15.9 Å². The Labute approximate surface area is 198 Å². The maximum atomic E-state index is 13.2. The largest absolute Gasteiger partial charge is 0.493 e. The zero-order chi connectivity index (χ0) is 22.9. The van der Waals surface area contributed by atoms with Crippen molar-refractivity contribution in [2.24, 2.45) is 0 Å². The van der Waals surface area contributed by atoms with E-state index >= 15 is 0 Å². The van der Waals surface area contributed by atoms with Gasteiger partial charge in [-0.3, -0.25) is 9.59 Å². The van der Waals surface area contributed by atoms with Gasteiger partial charge >= 0.3 is 0 Å². The zero-order valence-electron chi connectivity index (χ0n) is 18.7. The molecule has 1 N–H and O–H groups in total. The molecule has 32 heavy (non-hydrogen) atoms. The van der Waals surface area contributed by atoms with Gasteiger partial charge in [-0.05, 0) is 49.6 Å². The minimum atomic E-state index is -0.621. The van der Waals surface area contributed by atoms with Crippen molar-refractivity contribution in [2.75, 3.05) is 13.7 Å². The summed E-state index contributed by atoms with van der Waals surface area (Å²) in [7, 11) is 1.56. The van der Waals surface area contributed by atoms with E-state index in [9.17, 15) is 9.59 Å². The summed E-state index contributed by atoms with van der Waals surface area (Å²) in [6.45, 7) is 1.90. The third-order valence-electron chi connectivity index (χ3n) is 5.78. The van der Waals surface area contributed by atoms with E-state index in [-0.39, 0.29) is 24.5 Å². The predicted octanol–water partition coefficient (Wildman–Crippen LogP) is 4.70. The Morgan fingerprint density at radius 1 is 1.09 bits per heavy atom. The number of carbonyl (C=O) groups excluding carboxylic acids is 2. The first kappa shape index (κ1) is 24.1. The Morgan fingerprint density at radius 2 is 1.81 bits per heavy atom. The Kier molecular flexibility index (Phi) is 8.97. The number of hydrogen-bond acceptors (Lipinski definition) is 4. The Bertz CT molecular complexity index is 914. The van der Waals surface area contributed by atoms with E-state index in [1.807, 2.05) is 36.4 Å². The molecule has 1 atom stereocenters. The van der Waals surface area contributed by atoms with Crippen molar-refractivity contribution in [3.63, 3.8) is 0 Å². The lowest BCUT2D eigenvalue weighted by Crippen LogP contribution is -2.51. The molecular formula is C25H31BrN2O4. The molecule has 6 nitrogen and oxygen atoms in total. The number of para-hydroxylation sites is 2. The summed E-state index contributed by atoms with van der Waals surface area (Å²) in [5, 5.41) is 3.14. The standard InChI is InChI=1S/C25H31BrN2O4/c1-18(25(30)27-21-11-4-3-5-12-21)28(16-19-9-8-10-20(26)15-19)24(29)17-32-23-14-7-6-13-22(23)31-2/h6-10,13-15,18,21H,3-5,11-12,16-17H2,1-2H3,(H,27,30)/t18-/m1/s1. The maximum absolute atomic E-state index is 13.2. The molecule has 0 heterocycles. The highest BCUT2D eigenvalue weighted by molar-refractivity contribution is 9.10. The highest BCUT2D eigenvalue weighted by atomic mass is 79.9. The summed E-state index contributed by atoms with van der Waals surface area (Å²) in [5.74, 6) is 0.659. The Morgan fingerprint density at radius 3 is 2.50 bits per heavy atom. The average Bonchev–Trinajstić information content (AvgIpc) is 2.81. The molecular weight excluding hydrogens is 472 g/mol. The molecule has 3 rings (SSSR count). The number of amides is 2. The van der Waals surface area contributed by atoms with E-state index in [4.69, 9.17) is 9.47 Å². The van der Waals surface area contributed by atoms with Crippen molar-refractivity contribution < 1.29 is 19.1 Å². The summed E-state index contributed by atoms with van der Waals surface area (Å²) in [4.78, 5) is 27.8. The summed E-state index contributed by atoms with van der Waals surface area (Å²) in [5.41, 5.74) is 0.933. The van der Waals surface area contributed by atoms with Crippen molar-refractivity contribution in [3.05, 3.63) is 58.6 Å². The Balaban J connectivity index is 1.72. The second-order valence-corrected chi connectivity index (χ2v) is 9.03. The fourth-order valence-electron chi connectivity index (χ4n) is 3.94. The summed E-state index contributed by atoms with van der Waals surface area (Å²) >= 11 is 3.48. The molecule has 0 aliphatic heterocycles. The molecule has 0 bridgehead atoms. The number of benzene rings is 2. The van der Waals surface area contributed by atoms with Crippen LogP contribution in [0.4, 0.5) is 0 Å².